The van der Waals surface area contributed by atoms with Crippen LogP contribution in [0.3, 0.4) is 0 Å². The molecule has 0 aromatic heterocycles. The van der Waals surface area contributed by atoms with Crippen LogP contribution in [0.4, 0.5) is 0 Å². The molecular weight excluding hydrogens is 312 g/mol. The van der Waals surface area contributed by atoms with Crippen molar-refractivity contribution in [2.24, 2.45) is 0 Å². The Hall–Kier alpha value is -2.16. The summed E-state index contributed by atoms with van der Waals surface area (Å²) in [7, 11) is 0. The smallest absolute Gasteiger partial charge is 0.304 e. The number of hydrogen-bond acceptors (Lipinski definition) is 9. The zero-order valence-corrected chi connectivity index (χ0v) is 13.8. The normalized spacial score (nSPS) is 14.1. The second-order valence-electron chi connectivity index (χ2n) is 4.65. The molecule has 0 saturated carbocycles. The van der Waals surface area contributed by atoms with Crippen LogP contribution in [0.2, 0.25) is 0 Å². The number of carbonyl (C=O) groups excluding carboxylic acids is 4. The average molecular weight is 334 g/mol. The van der Waals surface area contributed by atoms with Gasteiger partial charge in [0.1, 0.15) is 18.8 Å². The first kappa shape index (κ1) is 20.8. The molecule has 0 saturated heterocycles. The third kappa shape index (κ3) is 10.2. The van der Waals surface area contributed by atoms with Crippen molar-refractivity contribution in [3.05, 3.63) is 0 Å². The van der Waals surface area contributed by atoms with Crippen molar-refractivity contribution < 1.29 is 42.9 Å². The maximum absolute atomic E-state index is 11.3. The van der Waals surface area contributed by atoms with Crippen molar-refractivity contribution in [1.82, 2.24) is 0 Å². The van der Waals surface area contributed by atoms with E-state index in [9.17, 15) is 19.2 Å². The Bertz CT molecular complexity index is 432. The summed E-state index contributed by atoms with van der Waals surface area (Å²) in [6, 6.07) is 0. The highest BCUT2D eigenvalue weighted by Gasteiger charge is 2.34. The van der Waals surface area contributed by atoms with Crippen molar-refractivity contribution >= 4 is 23.9 Å². The first-order valence-corrected chi connectivity index (χ1v) is 6.86. The molecule has 0 rings (SSSR count). The summed E-state index contributed by atoms with van der Waals surface area (Å²) in [6.07, 6.45) is -2.91. The Labute approximate surface area is 134 Å². The van der Waals surface area contributed by atoms with Gasteiger partial charge in [-0.2, -0.15) is 0 Å². The lowest BCUT2D eigenvalue weighted by Gasteiger charge is -2.30. The minimum atomic E-state index is -1.05. The van der Waals surface area contributed by atoms with Crippen LogP contribution in [-0.2, 0) is 42.9 Å². The van der Waals surface area contributed by atoms with Gasteiger partial charge < -0.3 is 23.7 Å². The highest BCUT2D eigenvalue weighted by molar-refractivity contribution is 5.67. The molecule has 23 heavy (non-hydrogen) atoms. The van der Waals surface area contributed by atoms with Crippen molar-refractivity contribution in [3.8, 4) is 0 Å². The van der Waals surface area contributed by atoms with Crippen LogP contribution in [0.25, 0.3) is 0 Å². The second-order valence-corrected chi connectivity index (χ2v) is 4.65. The third-order valence-electron chi connectivity index (χ3n) is 2.48. The van der Waals surface area contributed by atoms with Gasteiger partial charge in [-0.1, -0.05) is 0 Å². The Morgan fingerprint density at radius 2 is 1.30 bits per heavy atom. The quantitative estimate of drug-likeness (QED) is 0.334. The van der Waals surface area contributed by atoms with E-state index in [1.54, 1.807) is 0 Å². The summed E-state index contributed by atoms with van der Waals surface area (Å²) >= 11 is 0. The van der Waals surface area contributed by atoms with Crippen LogP contribution in [0.1, 0.15) is 34.6 Å². The lowest BCUT2D eigenvalue weighted by atomic mass is 10.1. The Balaban J connectivity index is 5.06. The summed E-state index contributed by atoms with van der Waals surface area (Å²) in [5.41, 5.74) is 0. The fourth-order valence-corrected chi connectivity index (χ4v) is 1.64. The maximum atomic E-state index is 11.3. The van der Waals surface area contributed by atoms with Crippen LogP contribution < -0.4 is 0 Å². The van der Waals surface area contributed by atoms with Gasteiger partial charge in [0.05, 0.1) is 0 Å². The molecule has 0 heterocycles. The van der Waals surface area contributed by atoms with Gasteiger partial charge in [0, 0.05) is 27.7 Å². The molecule has 9 heteroatoms. The van der Waals surface area contributed by atoms with E-state index in [-0.39, 0.29) is 6.61 Å². The number of hydrogen-bond donors (Lipinski definition) is 0. The third-order valence-corrected chi connectivity index (χ3v) is 2.48. The number of carbonyl (C=O) groups is 4. The molecule has 0 aliphatic carbocycles. The molecule has 132 valence electrons. The standard InChI is InChI=1S/C14H22O9/c1-8(22-11(4)17)14(23-12(5)18)13(6-19-9(2)15)21-7-20-10(3)16/h8,13-14H,6-7H2,1-5H3/t8-,13?,14+/m1/s1. The first-order valence-electron chi connectivity index (χ1n) is 6.86. The van der Waals surface area contributed by atoms with Gasteiger partial charge in [-0.25, -0.2) is 0 Å². The fourth-order valence-electron chi connectivity index (χ4n) is 1.64. The van der Waals surface area contributed by atoms with Gasteiger partial charge in [-0.05, 0) is 6.92 Å². The van der Waals surface area contributed by atoms with Crippen LogP contribution in [0, 0.1) is 0 Å². The molecule has 0 fully saturated rings. The topological polar surface area (TPSA) is 114 Å². The Morgan fingerprint density at radius 1 is 0.783 bits per heavy atom. The monoisotopic (exact) mass is 334 g/mol. The Morgan fingerprint density at radius 3 is 1.74 bits per heavy atom. The predicted molar refractivity (Wildman–Crippen MR) is 74.9 cm³/mol. The molecule has 0 N–H and O–H groups in total. The summed E-state index contributed by atoms with van der Waals surface area (Å²) in [5, 5.41) is 0. The van der Waals surface area contributed by atoms with E-state index in [1.807, 2.05) is 0 Å². The van der Waals surface area contributed by atoms with Crippen molar-refractivity contribution in [1.29, 1.82) is 0 Å². The van der Waals surface area contributed by atoms with Crippen LogP contribution in [0.5, 0.6) is 0 Å². The summed E-state index contributed by atoms with van der Waals surface area (Å²) < 4.78 is 24.8. The van der Waals surface area contributed by atoms with Crippen molar-refractivity contribution in [3.63, 3.8) is 0 Å². The van der Waals surface area contributed by atoms with E-state index in [0.29, 0.717) is 0 Å². The second kappa shape index (κ2) is 10.5. The predicted octanol–water partition coefficient (Wildman–Crippen LogP) is 0.339. The largest absolute Gasteiger partial charge is 0.463 e. The van der Waals surface area contributed by atoms with E-state index in [1.165, 1.54) is 34.6 Å². The van der Waals surface area contributed by atoms with Crippen LogP contribution in [0.15, 0.2) is 0 Å². The minimum absolute atomic E-state index is 0.278. The molecule has 0 radical (unpaired) electrons. The SMILES string of the molecule is CC(=O)OCOC(COC(C)=O)[C@@H](OC(C)=O)[C@@H](C)OC(C)=O. The molecule has 9 nitrogen and oxygen atoms in total. The van der Waals surface area contributed by atoms with Gasteiger partial charge in [-0.3, -0.25) is 19.2 Å². The van der Waals surface area contributed by atoms with Gasteiger partial charge >= 0.3 is 23.9 Å². The number of ether oxygens (including phenoxy) is 5. The fraction of sp³-hybridized carbons (Fsp3) is 0.714. The maximum Gasteiger partial charge on any atom is 0.304 e. The molecule has 1 unspecified atom stereocenters. The summed E-state index contributed by atoms with van der Waals surface area (Å²) in [5.74, 6) is -2.38. The number of esters is 4. The highest BCUT2D eigenvalue weighted by Crippen LogP contribution is 2.14. The molecule has 0 spiro atoms. The minimum Gasteiger partial charge on any atom is -0.463 e. The molecule has 0 aromatic carbocycles. The molecule has 0 bridgehead atoms. The van der Waals surface area contributed by atoms with Gasteiger partial charge in [0.25, 0.3) is 0 Å². The lowest BCUT2D eigenvalue weighted by Crippen LogP contribution is -2.46. The van der Waals surface area contributed by atoms with Gasteiger partial charge in [0.2, 0.25) is 0 Å². The van der Waals surface area contributed by atoms with Crippen molar-refractivity contribution in [2.45, 2.75) is 52.9 Å². The van der Waals surface area contributed by atoms with Crippen molar-refractivity contribution in [2.75, 3.05) is 13.4 Å². The molecular formula is C14H22O9. The lowest BCUT2D eigenvalue weighted by molar-refractivity contribution is -0.197. The van der Waals surface area contributed by atoms with Gasteiger partial charge in [0.15, 0.2) is 12.9 Å². The number of rotatable bonds is 9. The average Bonchev–Trinajstić information content (AvgIpc) is 2.38. The van der Waals surface area contributed by atoms with Gasteiger partial charge in [-0.15, -0.1) is 0 Å². The van der Waals surface area contributed by atoms with E-state index in [0.717, 1.165) is 0 Å². The molecule has 0 amide bonds. The van der Waals surface area contributed by atoms with E-state index in [2.05, 4.69) is 4.74 Å². The van der Waals surface area contributed by atoms with Crippen LogP contribution in [-0.4, -0.2) is 55.6 Å². The zero-order valence-electron chi connectivity index (χ0n) is 13.8. The van der Waals surface area contributed by atoms with Crippen LogP contribution >= 0.6 is 0 Å². The zero-order chi connectivity index (χ0) is 18.0. The summed E-state index contributed by atoms with van der Waals surface area (Å²) in [6.45, 7) is 5.52. The Kier molecular flexibility index (Phi) is 9.56. The summed E-state index contributed by atoms with van der Waals surface area (Å²) in [4.78, 5) is 44.1. The molecule has 3 atom stereocenters. The highest BCUT2D eigenvalue weighted by atomic mass is 16.7. The van der Waals surface area contributed by atoms with E-state index in [4.69, 9.17) is 18.9 Å². The first-order chi connectivity index (χ1) is 10.6. The van der Waals surface area contributed by atoms with E-state index < -0.39 is 49.0 Å². The molecule has 0 aliphatic rings. The van der Waals surface area contributed by atoms with E-state index >= 15 is 0 Å². The molecule has 0 aromatic rings. The molecule has 0 aliphatic heterocycles.